The molecular formula is C29H28ClFN2O3S. The summed E-state index contributed by atoms with van der Waals surface area (Å²) in [6, 6.07) is 20.0. The average Bonchev–Trinajstić information content (AvgIpc) is 2.86. The van der Waals surface area contributed by atoms with E-state index in [0.717, 1.165) is 11.8 Å². The van der Waals surface area contributed by atoms with E-state index in [0.29, 0.717) is 33.0 Å². The van der Waals surface area contributed by atoms with Crippen LogP contribution in [-0.4, -0.2) is 19.2 Å². The second kappa shape index (κ2) is 10.6. The Morgan fingerprint density at radius 1 is 0.946 bits per heavy atom. The second-order valence-electron chi connectivity index (χ2n) is 9.14. The van der Waals surface area contributed by atoms with Crippen molar-refractivity contribution in [2.24, 2.45) is 5.73 Å². The lowest BCUT2D eigenvalue weighted by molar-refractivity contribution is 0.546. The first-order valence-electron chi connectivity index (χ1n) is 11.8. The number of aromatic nitrogens is 1. The molecule has 8 heteroatoms. The fraction of sp³-hybridized carbons (Fsp3) is 0.207. The van der Waals surface area contributed by atoms with Gasteiger partial charge in [0.05, 0.1) is 10.5 Å². The van der Waals surface area contributed by atoms with Gasteiger partial charge in [0.1, 0.15) is 5.82 Å². The highest BCUT2D eigenvalue weighted by atomic mass is 35.5. The molecule has 0 saturated carbocycles. The molecule has 3 aromatic carbocycles. The number of halogens is 2. The topological polar surface area (TPSA) is 82.2 Å². The predicted molar refractivity (Wildman–Crippen MR) is 146 cm³/mol. The van der Waals surface area contributed by atoms with Crippen molar-refractivity contribution < 1.29 is 12.8 Å². The van der Waals surface area contributed by atoms with Crippen LogP contribution in [0, 0.1) is 19.7 Å². The van der Waals surface area contributed by atoms with E-state index in [4.69, 9.17) is 17.3 Å². The van der Waals surface area contributed by atoms with Crippen molar-refractivity contribution >= 4 is 21.4 Å². The molecule has 0 aliphatic carbocycles. The van der Waals surface area contributed by atoms with Crippen LogP contribution >= 0.6 is 11.6 Å². The third-order valence-electron chi connectivity index (χ3n) is 6.71. The first kappa shape index (κ1) is 26.8. The molecule has 4 aromatic rings. The molecule has 0 bridgehead atoms. The van der Waals surface area contributed by atoms with E-state index in [1.807, 2.05) is 30.3 Å². The number of hydrogen-bond acceptors (Lipinski definition) is 4. The maximum atomic E-state index is 15.1. The molecule has 0 aliphatic rings. The van der Waals surface area contributed by atoms with Gasteiger partial charge in [-0.25, -0.2) is 12.8 Å². The minimum absolute atomic E-state index is 0.0228. The molecule has 1 atom stereocenters. The van der Waals surface area contributed by atoms with E-state index in [1.54, 1.807) is 42.7 Å². The van der Waals surface area contributed by atoms with Crippen LogP contribution in [-0.2, 0) is 22.8 Å². The summed E-state index contributed by atoms with van der Waals surface area (Å²) in [4.78, 5) is 13.8. The van der Waals surface area contributed by atoms with Crippen LogP contribution in [0.5, 0.6) is 0 Å². The van der Waals surface area contributed by atoms with Gasteiger partial charge >= 0.3 is 0 Å². The van der Waals surface area contributed by atoms with Crippen LogP contribution in [0.1, 0.15) is 34.0 Å². The van der Waals surface area contributed by atoms with Gasteiger partial charge in [0, 0.05) is 47.1 Å². The van der Waals surface area contributed by atoms with Gasteiger partial charge in [-0.15, -0.1) is 0 Å². The fourth-order valence-electron chi connectivity index (χ4n) is 4.73. The lowest BCUT2D eigenvalue weighted by Crippen LogP contribution is -2.31. The maximum Gasteiger partial charge on any atom is 0.259 e. The summed E-state index contributed by atoms with van der Waals surface area (Å²) in [5.41, 5.74) is 9.93. The number of pyridine rings is 1. The third-order valence-corrected chi connectivity index (χ3v) is 8.22. The van der Waals surface area contributed by atoms with Crippen molar-refractivity contribution in [2.75, 3.05) is 6.26 Å². The summed E-state index contributed by atoms with van der Waals surface area (Å²) >= 11 is 6.51. The Kier molecular flexibility index (Phi) is 7.69. The molecule has 0 radical (unpaired) electrons. The molecule has 192 valence electrons. The number of sulfone groups is 1. The Labute approximate surface area is 221 Å². The van der Waals surface area contributed by atoms with Crippen molar-refractivity contribution in [1.82, 2.24) is 4.57 Å². The summed E-state index contributed by atoms with van der Waals surface area (Å²) in [5, 5.41) is 0.402. The summed E-state index contributed by atoms with van der Waals surface area (Å²) in [6.07, 6.45) is 1.03. The Morgan fingerprint density at radius 3 is 2.24 bits per heavy atom. The van der Waals surface area contributed by atoms with Crippen LogP contribution in [0.2, 0.25) is 5.02 Å². The Morgan fingerprint density at radius 2 is 1.59 bits per heavy atom. The number of nitrogens with zero attached hydrogens (tertiary/aromatic N) is 1. The Balaban J connectivity index is 1.98. The highest BCUT2D eigenvalue weighted by molar-refractivity contribution is 7.90. The zero-order valence-electron chi connectivity index (χ0n) is 20.8. The quantitative estimate of drug-likeness (QED) is 0.331. The molecule has 5 nitrogen and oxygen atoms in total. The summed E-state index contributed by atoms with van der Waals surface area (Å²) in [7, 11) is -3.69. The van der Waals surface area contributed by atoms with Gasteiger partial charge in [-0.2, -0.15) is 0 Å². The molecule has 1 heterocycles. The van der Waals surface area contributed by atoms with Crippen LogP contribution < -0.4 is 11.3 Å². The van der Waals surface area contributed by atoms with E-state index in [9.17, 15) is 13.2 Å². The van der Waals surface area contributed by atoms with Crippen molar-refractivity contribution in [3.63, 3.8) is 0 Å². The zero-order valence-corrected chi connectivity index (χ0v) is 22.4. The number of nitrogens with two attached hydrogens (primary N) is 1. The number of hydrogen-bond donors (Lipinski definition) is 1. The van der Waals surface area contributed by atoms with Gasteiger partial charge in [-0.3, -0.25) is 4.79 Å². The molecule has 0 saturated heterocycles. The van der Waals surface area contributed by atoms with E-state index < -0.39 is 21.7 Å². The normalized spacial score (nSPS) is 12.5. The molecule has 0 aliphatic heterocycles. The van der Waals surface area contributed by atoms with E-state index in [1.165, 1.54) is 18.2 Å². The van der Waals surface area contributed by atoms with E-state index in [-0.39, 0.29) is 29.0 Å². The van der Waals surface area contributed by atoms with Gasteiger partial charge in [-0.1, -0.05) is 66.2 Å². The molecule has 0 fully saturated rings. The van der Waals surface area contributed by atoms with Gasteiger partial charge in [0.15, 0.2) is 9.84 Å². The van der Waals surface area contributed by atoms with E-state index in [2.05, 4.69) is 0 Å². The zero-order chi connectivity index (χ0) is 26.9. The highest BCUT2D eigenvalue weighted by Crippen LogP contribution is 2.33. The third kappa shape index (κ3) is 5.39. The maximum absolute atomic E-state index is 15.1. The molecule has 4 rings (SSSR count). The summed E-state index contributed by atoms with van der Waals surface area (Å²) in [5.74, 6) is -0.625. The van der Waals surface area contributed by atoms with Gasteiger partial charge in [0.25, 0.3) is 5.56 Å². The van der Waals surface area contributed by atoms with Crippen molar-refractivity contribution in [3.8, 4) is 11.1 Å². The standard InChI is InChI=1S/C29H28ClFN2O3S/c1-18-22(16-23-25(31)14-9-15-27(23)37(3,35)36)19(2)33(17-26(32)20-10-5-4-6-11-20)29(34)28(18)21-12-7-8-13-24(21)30/h4-15,26H,16-17,32H2,1-3H3. The summed E-state index contributed by atoms with van der Waals surface area (Å²) in [6.45, 7) is 3.74. The second-order valence-corrected chi connectivity index (χ2v) is 11.5. The van der Waals surface area contributed by atoms with Crippen LogP contribution in [0.4, 0.5) is 4.39 Å². The SMILES string of the molecule is Cc1c(Cc2c(F)cccc2S(C)(=O)=O)c(C)n(CC(N)c2ccccc2)c(=O)c1-c1ccccc1Cl. The van der Waals surface area contributed by atoms with Crippen LogP contribution in [0.15, 0.2) is 82.5 Å². The molecule has 1 unspecified atom stereocenters. The molecule has 0 amide bonds. The monoisotopic (exact) mass is 538 g/mol. The molecule has 1 aromatic heterocycles. The average molecular weight is 539 g/mol. The van der Waals surface area contributed by atoms with Crippen molar-refractivity contribution in [3.05, 3.63) is 122 Å². The first-order valence-corrected chi connectivity index (χ1v) is 14.0. The molecule has 0 spiro atoms. The van der Waals surface area contributed by atoms with Gasteiger partial charge in [-0.05, 0) is 48.7 Å². The first-order chi connectivity index (χ1) is 17.5. The van der Waals surface area contributed by atoms with Crippen LogP contribution in [0.25, 0.3) is 11.1 Å². The van der Waals surface area contributed by atoms with Gasteiger partial charge in [0.2, 0.25) is 0 Å². The predicted octanol–water partition coefficient (Wildman–Crippen LogP) is 5.62. The molecular weight excluding hydrogens is 511 g/mol. The van der Waals surface area contributed by atoms with Gasteiger partial charge < -0.3 is 10.3 Å². The largest absolute Gasteiger partial charge is 0.322 e. The van der Waals surface area contributed by atoms with E-state index >= 15 is 4.39 Å². The lowest BCUT2D eigenvalue weighted by Gasteiger charge is -2.23. The number of benzene rings is 3. The molecule has 2 N–H and O–H groups in total. The Hall–Kier alpha value is -3.26. The number of rotatable bonds is 7. The lowest BCUT2D eigenvalue weighted by atomic mass is 9.92. The molecule has 37 heavy (non-hydrogen) atoms. The van der Waals surface area contributed by atoms with Crippen molar-refractivity contribution in [1.29, 1.82) is 0 Å². The minimum Gasteiger partial charge on any atom is -0.322 e. The summed E-state index contributed by atoms with van der Waals surface area (Å²) < 4.78 is 41.6. The minimum atomic E-state index is -3.69. The Bertz CT molecular complexity index is 1630. The smallest absolute Gasteiger partial charge is 0.259 e. The van der Waals surface area contributed by atoms with Crippen molar-refractivity contribution in [2.45, 2.75) is 37.8 Å². The van der Waals surface area contributed by atoms with Crippen LogP contribution in [0.3, 0.4) is 0 Å². The highest BCUT2D eigenvalue weighted by Gasteiger charge is 2.24. The fourth-order valence-corrected chi connectivity index (χ4v) is 5.90.